The van der Waals surface area contributed by atoms with E-state index in [-0.39, 0.29) is 28.8 Å². The Morgan fingerprint density at radius 3 is 2.75 bits per heavy atom. The van der Waals surface area contributed by atoms with Gasteiger partial charge >= 0.3 is 0 Å². The van der Waals surface area contributed by atoms with Crippen molar-refractivity contribution >= 4 is 23.3 Å². The molecule has 4 nitrogen and oxygen atoms in total. The molecule has 0 saturated carbocycles. The lowest BCUT2D eigenvalue weighted by molar-refractivity contribution is 0.0632. The van der Waals surface area contributed by atoms with Crippen LogP contribution in [0, 0.1) is 11.7 Å². The van der Waals surface area contributed by atoms with Crippen LogP contribution in [0.3, 0.4) is 0 Å². The van der Waals surface area contributed by atoms with E-state index in [9.17, 15) is 14.0 Å². The second kappa shape index (κ2) is 7.09. The van der Waals surface area contributed by atoms with Crippen molar-refractivity contribution in [2.75, 3.05) is 13.1 Å². The molecular weight excluding hydrogens is 331 g/mol. The summed E-state index contributed by atoms with van der Waals surface area (Å²) in [6.07, 6.45) is 2.93. The molecule has 0 bridgehead atoms. The Morgan fingerprint density at radius 1 is 1.21 bits per heavy atom. The summed E-state index contributed by atoms with van der Waals surface area (Å²) >= 11 is 5.97. The van der Waals surface area contributed by atoms with Gasteiger partial charge in [0.15, 0.2) is 5.78 Å². The molecule has 2 aromatic rings. The van der Waals surface area contributed by atoms with E-state index in [0.717, 1.165) is 0 Å². The summed E-state index contributed by atoms with van der Waals surface area (Å²) in [5, 5.41) is 0.0816. The van der Waals surface area contributed by atoms with E-state index < -0.39 is 11.7 Å². The van der Waals surface area contributed by atoms with E-state index in [0.29, 0.717) is 25.1 Å². The topological polar surface area (TPSA) is 50.3 Å². The fourth-order valence-corrected chi connectivity index (χ4v) is 3.20. The highest BCUT2D eigenvalue weighted by molar-refractivity contribution is 6.33. The third-order valence-corrected chi connectivity index (χ3v) is 4.49. The van der Waals surface area contributed by atoms with Gasteiger partial charge in [0.1, 0.15) is 11.5 Å². The van der Waals surface area contributed by atoms with Crippen LogP contribution in [-0.2, 0) is 0 Å². The quantitative estimate of drug-likeness (QED) is 0.798. The minimum atomic E-state index is -0.648. The first-order valence-electron chi connectivity index (χ1n) is 7.76. The zero-order chi connectivity index (χ0) is 17.1. The first-order chi connectivity index (χ1) is 11.6. The maximum Gasteiger partial charge on any atom is 0.258 e. The summed E-state index contributed by atoms with van der Waals surface area (Å²) in [5.41, 5.74) is 0.255. The molecule has 1 aromatic carbocycles. The largest absolute Gasteiger partial charge is 0.338 e. The second-order valence-corrected chi connectivity index (χ2v) is 6.17. The molecular formula is C18H16ClFN2O2. The van der Waals surface area contributed by atoms with Crippen molar-refractivity contribution < 1.29 is 14.0 Å². The molecule has 1 aliphatic rings. The molecule has 0 aliphatic carbocycles. The average molecular weight is 347 g/mol. The van der Waals surface area contributed by atoms with Crippen molar-refractivity contribution in [1.29, 1.82) is 0 Å². The number of rotatable bonds is 3. The Labute approximate surface area is 144 Å². The predicted molar refractivity (Wildman–Crippen MR) is 88.6 cm³/mol. The molecule has 24 heavy (non-hydrogen) atoms. The number of Topliss-reactive ketones (excluding diaryl/α,β-unsaturated/α-hetero) is 1. The van der Waals surface area contributed by atoms with Crippen LogP contribution in [0.5, 0.6) is 0 Å². The summed E-state index contributed by atoms with van der Waals surface area (Å²) in [4.78, 5) is 30.7. The van der Waals surface area contributed by atoms with Crippen molar-refractivity contribution in [2.24, 2.45) is 5.92 Å². The van der Waals surface area contributed by atoms with Crippen molar-refractivity contribution in [3.8, 4) is 0 Å². The van der Waals surface area contributed by atoms with Crippen LogP contribution in [0.1, 0.15) is 33.7 Å². The number of halogens is 2. The minimum Gasteiger partial charge on any atom is -0.338 e. The Kier molecular flexibility index (Phi) is 4.90. The molecule has 1 amide bonds. The number of ketones is 1. The maximum absolute atomic E-state index is 14.0. The van der Waals surface area contributed by atoms with Gasteiger partial charge in [0.05, 0.1) is 10.6 Å². The third-order valence-electron chi connectivity index (χ3n) is 4.17. The molecule has 1 aliphatic heterocycles. The van der Waals surface area contributed by atoms with E-state index >= 15 is 0 Å². The van der Waals surface area contributed by atoms with E-state index in [1.807, 2.05) is 0 Å². The lowest BCUT2D eigenvalue weighted by Crippen LogP contribution is -2.42. The first kappa shape index (κ1) is 16.6. The van der Waals surface area contributed by atoms with Gasteiger partial charge in [-0.15, -0.1) is 0 Å². The lowest BCUT2D eigenvalue weighted by atomic mass is 9.91. The van der Waals surface area contributed by atoms with E-state index in [2.05, 4.69) is 4.98 Å². The summed E-state index contributed by atoms with van der Waals surface area (Å²) in [7, 11) is 0. The fourth-order valence-electron chi connectivity index (χ4n) is 2.95. The molecule has 3 rings (SSSR count). The molecule has 6 heteroatoms. The van der Waals surface area contributed by atoms with E-state index in [1.165, 1.54) is 23.1 Å². The number of pyridine rings is 1. The second-order valence-electron chi connectivity index (χ2n) is 5.77. The fraction of sp³-hybridized carbons (Fsp3) is 0.278. The average Bonchev–Trinajstić information content (AvgIpc) is 2.61. The number of aromatic nitrogens is 1. The molecule has 0 radical (unpaired) electrons. The molecule has 1 atom stereocenters. The van der Waals surface area contributed by atoms with Crippen LogP contribution in [0.2, 0.25) is 5.02 Å². The Bertz CT molecular complexity index is 747. The van der Waals surface area contributed by atoms with Gasteiger partial charge in [0.25, 0.3) is 5.91 Å². The smallest absolute Gasteiger partial charge is 0.258 e. The highest BCUT2D eigenvalue weighted by Crippen LogP contribution is 2.25. The van der Waals surface area contributed by atoms with Crippen LogP contribution in [0.25, 0.3) is 0 Å². The molecule has 0 unspecified atom stereocenters. The Hall–Kier alpha value is -2.27. The Balaban J connectivity index is 1.78. The van der Waals surface area contributed by atoms with Gasteiger partial charge in [-0.2, -0.15) is 0 Å². The van der Waals surface area contributed by atoms with Crippen LogP contribution >= 0.6 is 11.6 Å². The number of piperidine rings is 1. The number of nitrogens with zero attached hydrogens (tertiary/aromatic N) is 2. The Morgan fingerprint density at radius 2 is 2.04 bits per heavy atom. The van der Waals surface area contributed by atoms with Gasteiger partial charge in [-0.3, -0.25) is 14.6 Å². The van der Waals surface area contributed by atoms with Crippen molar-refractivity contribution in [2.45, 2.75) is 12.8 Å². The predicted octanol–water partition coefficient (Wildman–Crippen LogP) is 3.61. The molecule has 1 saturated heterocycles. The molecule has 2 heterocycles. The van der Waals surface area contributed by atoms with E-state index in [4.69, 9.17) is 11.6 Å². The molecule has 1 fully saturated rings. The highest BCUT2D eigenvalue weighted by Gasteiger charge is 2.31. The SMILES string of the molecule is O=C(c1ccccn1)[C@H]1CCCN(C(=O)c2c(F)cccc2Cl)C1. The highest BCUT2D eigenvalue weighted by atomic mass is 35.5. The molecule has 0 N–H and O–H groups in total. The number of hydrogen-bond acceptors (Lipinski definition) is 3. The number of hydrogen-bond donors (Lipinski definition) is 0. The van der Waals surface area contributed by atoms with Gasteiger partial charge < -0.3 is 4.90 Å². The zero-order valence-corrected chi connectivity index (χ0v) is 13.7. The number of carbonyl (C=O) groups excluding carboxylic acids is 2. The monoisotopic (exact) mass is 346 g/mol. The number of benzene rings is 1. The maximum atomic E-state index is 14.0. The summed E-state index contributed by atoms with van der Waals surface area (Å²) in [5.74, 6) is -1.54. The summed E-state index contributed by atoms with van der Waals surface area (Å²) in [6.45, 7) is 0.731. The number of carbonyl (C=O) groups is 2. The van der Waals surface area contributed by atoms with Crippen molar-refractivity contribution in [1.82, 2.24) is 9.88 Å². The van der Waals surface area contributed by atoms with Gasteiger partial charge in [0, 0.05) is 25.2 Å². The van der Waals surface area contributed by atoms with Gasteiger partial charge in [-0.1, -0.05) is 23.7 Å². The first-order valence-corrected chi connectivity index (χ1v) is 8.14. The van der Waals surface area contributed by atoms with Crippen LogP contribution in [-0.4, -0.2) is 34.7 Å². The van der Waals surface area contributed by atoms with Crippen LogP contribution in [0.15, 0.2) is 42.6 Å². The summed E-state index contributed by atoms with van der Waals surface area (Å²) < 4.78 is 14.0. The van der Waals surface area contributed by atoms with Crippen molar-refractivity contribution in [3.63, 3.8) is 0 Å². The molecule has 0 spiro atoms. The van der Waals surface area contributed by atoms with Gasteiger partial charge in [-0.05, 0) is 37.1 Å². The van der Waals surface area contributed by atoms with Crippen LogP contribution in [0.4, 0.5) is 4.39 Å². The minimum absolute atomic E-state index is 0.0816. The number of amides is 1. The molecule has 1 aromatic heterocycles. The van der Waals surface area contributed by atoms with Gasteiger partial charge in [-0.25, -0.2) is 4.39 Å². The summed E-state index contributed by atoms with van der Waals surface area (Å²) in [6, 6.07) is 9.31. The molecule has 124 valence electrons. The lowest BCUT2D eigenvalue weighted by Gasteiger charge is -2.32. The van der Waals surface area contributed by atoms with E-state index in [1.54, 1.807) is 24.4 Å². The standard InChI is InChI=1S/C18H16ClFN2O2/c19-13-6-3-7-14(20)16(13)18(24)22-10-4-5-12(11-22)17(23)15-8-1-2-9-21-15/h1-3,6-9,12H,4-5,10-11H2/t12-/m0/s1. The van der Waals surface area contributed by atoms with Gasteiger partial charge in [0.2, 0.25) is 0 Å². The van der Waals surface area contributed by atoms with Crippen molar-refractivity contribution in [3.05, 3.63) is 64.7 Å². The third kappa shape index (κ3) is 3.31. The normalized spacial score (nSPS) is 17.6. The van der Waals surface area contributed by atoms with Crippen LogP contribution < -0.4 is 0 Å². The number of likely N-dealkylation sites (tertiary alicyclic amines) is 1. The zero-order valence-electron chi connectivity index (χ0n) is 12.9.